The summed E-state index contributed by atoms with van der Waals surface area (Å²) in [6.45, 7) is 8.40. The van der Waals surface area contributed by atoms with Crippen molar-refractivity contribution < 1.29 is 19.4 Å². The molecule has 1 N–H and O–H groups in total. The van der Waals surface area contributed by atoms with E-state index in [0.29, 0.717) is 0 Å². The van der Waals surface area contributed by atoms with E-state index in [1.54, 1.807) is 19.1 Å². The van der Waals surface area contributed by atoms with E-state index in [4.69, 9.17) is 9.84 Å². The summed E-state index contributed by atoms with van der Waals surface area (Å²) in [5.74, 6) is -1.62. The third kappa shape index (κ3) is 4.31. The minimum Gasteiger partial charge on any atom is -0.481 e. The van der Waals surface area contributed by atoms with E-state index < -0.39 is 11.9 Å². The van der Waals surface area contributed by atoms with Crippen LogP contribution >= 0.6 is 0 Å². The first-order valence-electron chi connectivity index (χ1n) is 7.17. The molecule has 0 radical (unpaired) electrons. The first-order valence-corrected chi connectivity index (χ1v) is 7.17. The second kappa shape index (κ2) is 6.74. The number of rotatable bonds is 6. The summed E-state index contributed by atoms with van der Waals surface area (Å²) in [4.78, 5) is 22.5. The monoisotopic (exact) mass is 292 g/mol. The molecule has 1 aliphatic carbocycles. The fraction of sp³-hybridized carbons (Fsp3) is 0.529. The van der Waals surface area contributed by atoms with Crippen molar-refractivity contribution in [3.63, 3.8) is 0 Å². The smallest absolute Gasteiger partial charge is 0.334 e. The predicted molar refractivity (Wildman–Crippen MR) is 81.8 cm³/mol. The van der Waals surface area contributed by atoms with Crippen LogP contribution in [0.4, 0.5) is 0 Å². The Kier molecular flexibility index (Phi) is 5.53. The van der Waals surface area contributed by atoms with Crippen LogP contribution in [0.2, 0.25) is 0 Å². The molecule has 1 aliphatic rings. The molecule has 0 saturated heterocycles. The minimum absolute atomic E-state index is 0.0352. The molecule has 0 aromatic heterocycles. The van der Waals surface area contributed by atoms with E-state index in [2.05, 4.69) is 32.9 Å². The number of hydrogen-bond acceptors (Lipinski definition) is 3. The molecule has 1 rings (SSSR count). The van der Waals surface area contributed by atoms with Gasteiger partial charge in [-0.1, -0.05) is 51.2 Å². The van der Waals surface area contributed by atoms with Crippen molar-refractivity contribution in [2.45, 2.75) is 40.5 Å². The Bertz CT molecular complexity index is 497. The summed E-state index contributed by atoms with van der Waals surface area (Å²) >= 11 is 0. The standard InChI is InChI=1S/C17H24O4/c1-5-21-15(20)13(12-14(18)19)8-6-10-17(4)11-7-9-16(17,2)3/h6-10H,5,11-12H2,1-4H3,(H,18,19)/b10-6+,13-8+/t17-/m1/s1. The summed E-state index contributed by atoms with van der Waals surface area (Å²) in [6, 6.07) is 0. The SMILES string of the molecule is CCOC(=O)/C(=C/C=C/[C@]1(C)CC=CC1(C)C)CC(=O)O. The van der Waals surface area contributed by atoms with E-state index in [-0.39, 0.29) is 29.4 Å². The molecule has 4 heteroatoms. The highest BCUT2D eigenvalue weighted by atomic mass is 16.5. The third-order valence-corrected chi connectivity index (χ3v) is 4.19. The van der Waals surface area contributed by atoms with E-state index in [1.165, 1.54) is 0 Å². The maximum absolute atomic E-state index is 11.7. The number of aliphatic carboxylic acids is 1. The molecule has 0 bridgehead atoms. The van der Waals surface area contributed by atoms with Crippen molar-refractivity contribution in [3.8, 4) is 0 Å². The van der Waals surface area contributed by atoms with Gasteiger partial charge in [-0.15, -0.1) is 0 Å². The van der Waals surface area contributed by atoms with Gasteiger partial charge in [0.15, 0.2) is 0 Å². The highest BCUT2D eigenvalue weighted by molar-refractivity contribution is 5.93. The summed E-state index contributed by atoms with van der Waals surface area (Å²) in [5, 5.41) is 8.86. The fourth-order valence-corrected chi connectivity index (χ4v) is 2.30. The van der Waals surface area contributed by atoms with Gasteiger partial charge in [-0.05, 0) is 24.2 Å². The van der Waals surface area contributed by atoms with Crippen LogP contribution < -0.4 is 0 Å². The second-order valence-corrected chi connectivity index (χ2v) is 6.09. The fourth-order valence-electron chi connectivity index (χ4n) is 2.30. The van der Waals surface area contributed by atoms with Crippen LogP contribution in [0.15, 0.2) is 36.0 Å². The van der Waals surface area contributed by atoms with Crippen molar-refractivity contribution in [1.82, 2.24) is 0 Å². The Morgan fingerprint density at radius 1 is 1.33 bits per heavy atom. The molecular weight excluding hydrogens is 268 g/mol. The first kappa shape index (κ1) is 17.2. The number of carboxylic acids is 1. The Hall–Kier alpha value is -1.84. The normalized spacial score (nSPS) is 24.5. The maximum Gasteiger partial charge on any atom is 0.334 e. The lowest BCUT2D eigenvalue weighted by atomic mass is 9.69. The van der Waals surface area contributed by atoms with Crippen LogP contribution in [0.25, 0.3) is 0 Å². The lowest BCUT2D eigenvalue weighted by Crippen LogP contribution is -2.27. The van der Waals surface area contributed by atoms with Gasteiger partial charge >= 0.3 is 11.9 Å². The first-order chi connectivity index (χ1) is 9.72. The Morgan fingerprint density at radius 2 is 2.00 bits per heavy atom. The summed E-state index contributed by atoms with van der Waals surface area (Å²) in [6.07, 6.45) is 10.3. The van der Waals surface area contributed by atoms with Crippen LogP contribution in [-0.2, 0) is 14.3 Å². The number of allylic oxidation sites excluding steroid dienone is 5. The van der Waals surface area contributed by atoms with Crippen molar-refractivity contribution in [3.05, 3.63) is 36.0 Å². The summed E-state index contributed by atoms with van der Waals surface area (Å²) < 4.78 is 4.88. The number of carbonyl (C=O) groups is 2. The van der Waals surface area contributed by atoms with Crippen molar-refractivity contribution in [1.29, 1.82) is 0 Å². The molecule has 0 aromatic carbocycles. The quantitative estimate of drug-likeness (QED) is 0.352. The summed E-state index contributed by atoms with van der Waals surface area (Å²) in [5.41, 5.74) is 0.161. The van der Waals surface area contributed by atoms with Crippen LogP contribution in [0, 0.1) is 10.8 Å². The highest BCUT2D eigenvalue weighted by Gasteiger charge is 2.39. The molecule has 0 aromatic rings. The highest BCUT2D eigenvalue weighted by Crippen LogP contribution is 2.48. The predicted octanol–water partition coefficient (Wildman–Crippen LogP) is 3.50. The second-order valence-electron chi connectivity index (χ2n) is 6.09. The van der Waals surface area contributed by atoms with Gasteiger partial charge in [0.2, 0.25) is 0 Å². The van der Waals surface area contributed by atoms with Gasteiger partial charge in [0.25, 0.3) is 0 Å². The molecule has 1 atom stereocenters. The van der Waals surface area contributed by atoms with Gasteiger partial charge in [-0.3, -0.25) is 4.79 Å². The molecule has 0 amide bonds. The lowest BCUT2D eigenvalue weighted by molar-refractivity contribution is -0.142. The van der Waals surface area contributed by atoms with Gasteiger partial charge < -0.3 is 9.84 Å². The largest absolute Gasteiger partial charge is 0.481 e. The topological polar surface area (TPSA) is 63.6 Å². The third-order valence-electron chi connectivity index (χ3n) is 4.19. The zero-order valence-corrected chi connectivity index (χ0v) is 13.2. The lowest BCUT2D eigenvalue weighted by Gasteiger charge is -2.35. The molecule has 116 valence electrons. The molecule has 0 spiro atoms. The average molecular weight is 292 g/mol. The van der Waals surface area contributed by atoms with Gasteiger partial charge in [-0.2, -0.15) is 0 Å². The molecule has 0 aliphatic heterocycles. The minimum atomic E-state index is -1.04. The van der Waals surface area contributed by atoms with Gasteiger partial charge in [-0.25, -0.2) is 4.79 Å². The molecule has 0 heterocycles. The van der Waals surface area contributed by atoms with E-state index >= 15 is 0 Å². The van der Waals surface area contributed by atoms with Gasteiger partial charge in [0.05, 0.1) is 13.0 Å². The van der Waals surface area contributed by atoms with Crippen LogP contribution in [-0.4, -0.2) is 23.7 Å². The Labute approximate surface area is 126 Å². The van der Waals surface area contributed by atoms with Crippen LogP contribution in [0.5, 0.6) is 0 Å². The molecule has 21 heavy (non-hydrogen) atoms. The Balaban J connectivity index is 2.89. The molecule has 0 saturated carbocycles. The van der Waals surface area contributed by atoms with Crippen LogP contribution in [0.1, 0.15) is 40.5 Å². The van der Waals surface area contributed by atoms with Crippen molar-refractivity contribution in [2.24, 2.45) is 10.8 Å². The zero-order valence-electron chi connectivity index (χ0n) is 13.2. The number of ether oxygens (including phenoxy) is 1. The van der Waals surface area contributed by atoms with Crippen molar-refractivity contribution in [2.75, 3.05) is 6.61 Å². The maximum atomic E-state index is 11.7. The Morgan fingerprint density at radius 3 is 2.48 bits per heavy atom. The van der Waals surface area contributed by atoms with E-state index in [1.807, 2.05) is 6.08 Å². The number of carboxylic acid groups (broad SMARTS) is 1. The van der Waals surface area contributed by atoms with Gasteiger partial charge in [0.1, 0.15) is 0 Å². The molecule has 0 fully saturated rings. The van der Waals surface area contributed by atoms with E-state index in [0.717, 1.165) is 6.42 Å². The molecule has 0 unspecified atom stereocenters. The molecule has 4 nitrogen and oxygen atoms in total. The number of esters is 1. The van der Waals surface area contributed by atoms with Crippen molar-refractivity contribution >= 4 is 11.9 Å². The number of hydrogen-bond donors (Lipinski definition) is 1. The zero-order chi connectivity index (χ0) is 16.1. The summed E-state index contributed by atoms with van der Waals surface area (Å²) in [7, 11) is 0. The van der Waals surface area contributed by atoms with Gasteiger partial charge in [0, 0.05) is 5.57 Å². The van der Waals surface area contributed by atoms with E-state index in [9.17, 15) is 9.59 Å². The van der Waals surface area contributed by atoms with Crippen LogP contribution in [0.3, 0.4) is 0 Å². The number of carbonyl (C=O) groups excluding carboxylic acids is 1. The average Bonchev–Trinajstić information content (AvgIpc) is 2.62. The molecular formula is C17H24O4.